The molecule has 0 saturated heterocycles. The minimum Gasteiger partial charge on any atom is -0.443 e. The predicted molar refractivity (Wildman–Crippen MR) is 100 cm³/mol. The molecule has 3 N–H and O–H groups in total. The minimum absolute atomic E-state index is 0.155. The van der Waals surface area contributed by atoms with Gasteiger partial charge in [0.15, 0.2) is 17.6 Å². The van der Waals surface area contributed by atoms with E-state index in [1.165, 1.54) is 6.39 Å². The van der Waals surface area contributed by atoms with Crippen LogP contribution in [0.15, 0.2) is 41.3 Å². The van der Waals surface area contributed by atoms with Gasteiger partial charge in [-0.05, 0) is 25.0 Å². The van der Waals surface area contributed by atoms with Gasteiger partial charge in [-0.2, -0.15) is 9.61 Å². The first kappa shape index (κ1) is 15.6. The Bertz CT molecular complexity index is 1160. The van der Waals surface area contributed by atoms with Crippen molar-refractivity contribution in [1.29, 1.82) is 0 Å². The molecule has 3 heterocycles. The topological polar surface area (TPSA) is 109 Å². The maximum atomic E-state index is 12.5. The molecule has 1 aliphatic rings. The number of carbonyl (C=O) groups excluding carboxylic acids is 1. The van der Waals surface area contributed by atoms with E-state index in [2.05, 4.69) is 31.0 Å². The molecular weight excluding hydrogens is 346 g/mol. The maximum Gasteiger partial charge on any atom is 0.256 e. The Morgan fingerprint density at radius 2 is 2.22 bits per heavy atom. The first-order valence-electron chi connectivity index (χ1n) is 8.69. The summed E-state index contributed by atoms with van der Waals surface area (Å²) in [4.78, 5) is 21.4. The third-order valence-electron chi connectivity index (χ3n) is 4.51. The summed E-state index contributed by atoms with van der Waals surface area (Å²) in [6.07, 6.45) is 5.00. The second-order valence-corrected chi connectivity index (χ2v) is 6.45. The van der Waals surface area contributed by atoms with E-state index < -0.39 is 0 Å². The lowest BCUT2D eigenvalue weighted by Crippen LogP contribution is -2.25. The van der Waals surface area contributed by atoms with E-state index >= 15 is 0 Å². The van der Waals surface area contributed by atoms with Gasteiger partial charge in [0, 0.05) is 19.2 Å². The Labute approximate surface area is 153 Å². The van der Waals surface area contributed by atoms with Gasteiger partial charge in [0.25, 0.3) is 5.91 Å². The van der Waals surface area contributed by atoms with Gasteiger partial charge in [-0.15, -0.1) is 0 Å². The first-order chi connectivity index (χ1) is 13.2. The molecule has 27 heavy (non-hydrogen) atoms. The Balaban J connectivity index is 1.57. The molecule has 1 aliphatic carbocycles. The smallest absolute Gasteiger partial charge is 0.256 e. The average molecular weight is 363 g/mol. The molecule has 1 amide bonds. The summed E-state index contributed by atoms with van der Waals surface area (Å²) in [7, 11) is 1.79. The van der Waals surface area contributed by atoms with Crippen molar-refractivity contribution in [3.8, 4) is 0 Å². The van der Waals surface area contributed by atoms with E-state index in [1.807, 2.05) is 24.3 Å². The highest BCUT2D eigenvalue weighted by atomic mass is 16.3. The second kappa shape index (κ2) is 5.97. The zero-order valence-corrected chi connectivity index (χ0v) is 14.6. The molecule has 5 rings (SSSR count). The average Bonchev–Trinajstić information content (AvgIpc) is 3.19. The highest BCUT2D eigenvalue weighted by molar-refractivity contribution is 6.00. The normalized spacial score (nSPS) is 13.8. The summed E-state index contributed by atoms with van der Waals surface area (Å²) >= 11 is 0. The molecule has 0 radical (unpaired) electrons. The zero-order valence-electron chi connectivity index (χ0n) is 14.6. The summed E-state index contributed by atoms with van der Waals surface area (Å²) < 4.78 is 6.96. The lowest BCUT2D eigenvalue weighted by Gasteiger charge is -2.10. The van der Waals surface area contributed by atoms with Crippen LogP contribution in [-0.2, 0) is 0 Å². The summed E-state index contributed by atoms with van der Waals surface area (Å²) in [6.45, 7) is 0. The molecule has 0 spiro atoms. The van der Waals surface area contributed by atoms with Gasteiger partial charge in [-0.3, -0.25) is 4.79 Å². The van der Waals surface area contributed by atoms with Crippen LogP contribution in [0, 0.1) is 0 Å². The van der Waals surface area contributed by atoms with Crippen molar-refractivity contribution in [3.63, 3.8) is 0 Å². The van der Waals surface area contributed by atoms with Gasteiger partial charge in [-0.25, -0.2) is 9.97 Å². The number of hydrogen-bond donors (Lipinski definition) is 3. The number of aromatic nitrogens is 4. The highest BCUT2D eigenvalue weighted by Crippen LogP contribution is 2.27. The summed E-state index contributed by atoms with van der Waals surface area (Å²) in [6, 6.07) is 7.71. The number of benzene rings is 1. The number of hydrogen-bond acceptors (Lipinski definition) is 7. The van der Waals surface area contributed by atoms with Crippen LogP contribution in [0.4, 0.5) is 17.3 Å². The zero-order chi connectivity index (χ0) is 18.4. The predicted octanol–water partition coefficient (Wildman–Crippen LogP) is 2.55. The molecule has 3 aromatic heterocycles. The van der Waals surface area contributed by atoms with Crippen LogP contribution in [-0.4, -0.2) is 38.6 Å². The number of amides is 1. The van der Waals surface area contributed by atoms with E-state index in [1.54, 1.807) is 17.8 Å². The van der Waals surface area contributed by atoms with Crippen LogP contribution in [0.1, 0.15) is 23.2 Å². The van der Waals surface area contributed by atoms with Crippen LogP contribution >= 0.6 is 0 Å². The molecular formula is C18H17N7O2. The maximum absolute atomic E-state index is 12.5. The van der Waals surface area contributed by atoms with Gasteiger partial charge >= 0.3 is 0 Å². The number of carbonyl (C=O) groups is 1. The standard InChI is InChI=1S/C18H17N7O2/c1-19-15-7-14(23-12-3-2-4-13-16(12)20-9-27-13)24-17-11(8-21-25(15)17)18(26)22-10-5-6-10/h2-4,7-10,19H,5-6H2,1H3,(H,22,26)(H,23,24). The van der Waals surface area contributed by atoms with Crippen molar-refractivity contribution < 1.29 is 9.21 Å². The van der Waals surface area contributed by atoms with Crippen LogP contribution in [0.25, 0.3) is 16.7 Å². The van der Waals surface area contributed by atoms with Crippen LogP contribution < -0.4 is 16.0 Å². The van der Waals surface area contributed by atoms with Crippen molar-refractivity contribution in [1.82, 2.24) is 24.9 Å². The van der Waals surface area contributed by atoms with E-state index in [-0.39, 0.29) is 11.9 Å². The molecule has 0 aliphatic heterocycles. The summed E-state index contributed by atoms with van der Waals surface area (Å²) in [5.74, 6) is 1.13. The molecule has 0 bridgehead atoms. The first-order valence-corrected chi connectivity index (χ1v) is 8.69. The molecule has 4 aromatic rings. The Morgan fingerprint density at radius 1 is 1.33 bits per heavy atom. The Kier molecular flexibility index (Phi) is 3.46. The molecule has 9 nitrogen and oxygen atoms in total. The van der Waals surface area contributed by atoms with E-state index in [0.717, 1.165) is 18.5 Å². The van der Waals surface area contributed by atoms with Gasteiger partial charge < -0.3 is 20.4 Å². The fourth-order valence-electron chi connectivity index (χ4n) is 2.98. The van der Waals surface area contributed by atoms with Gasteiger partial charge in [0.05, 0.1) is 11.9 Å². The fraction of sp³-hybridized carbons (Fsp3) is 0.222. The van der Waals surface area contributed by atoms with Crippen LogP contribution in [0.3, 0.4) is 0 Å². The monoisotopic (exact) mass is 363 g/mol. The third kappa shape index (κ3) is 2.73. The minimum atomic E-state index is -0.155. The second-order valence-electron chi connectivity index (χ2n) is 6.45. The van der Waals surface area contributed by atoms with E-state index in [9.17, 15) is 4.79 Å². The van der Waals surface area contributed by atoms with Crippen LogP contribution in [0.5, 0.6) is 0 Å². The molecule has 136 valence electrons. The van der Waals surface area contributed by atoms with Crippen molar-refractivity contribution in [3.05, 3.63) is 42.4 Å². The molecule has 1 saturated carbocycles. The van der Waals surface area contributed by atoms with Crippen molar-refractivity contribution in [2.45, 2.75) is 18.9 Å². The number of nitrogens with one attached hydrogen (secondary N) is 3. The highest BCUT2D eigenvalue weighted by Gasteiger charge is 2.26. The molecule has 1 aromatic carbocycles. The van der Waals surface area contributed by atoms with Crippen molar-refractivity contribution >= 4 is 40.0 Å². The number of oxazole rings is 1. The van der Waals surface area contributed by atoms with E-state index in [4.69, 9.17) is 4.42 Å². The third-order valence-corrected chi connectivity index (χ3v) is 4.51. The van der Waals surface area contributed by atoms with E-state index in [0.29, 0.717) is 33.9 Å². The van der Waals surface area contributed by atoms with Crippen LogP contribution in [0.2, 0.25) is 0 Å². The SMILES string of the molecule is CNc1cc(Nc2cccc3ocnc23)nc2c(C(=O)NC3CC3)cnn12. The molecule has 1 fully saturated rings. The number of nitrogens with zero attached hydrogens (tertiary/aromatic N) is 4. The quantitative estimate of drug-likeness (QED) is 0.500. The molecule has 0 unspecified atom stereocenters. The Hall–Kier alpha value is -3.62. The fourth-order valence-corrected chi connectivity index (χ4v) is 2.98. The largest absolute Gasteiger partial charge is 0.443 e. The van der Waals surface area contributed by atoms with Crippen molar-refractivity contribution in [2.75, 3.05) is 17.7 Å². The summed E-state index contributed by atoms with van der Waals surface area (Å²) in [5, 5.41) is 13.6. The van der Waals surface area contributed by atoms with Crippen molar-refractivity contribution in [2.24, 2.45) is 0 Å². The number of rotatable bonds is 5. The van der Waals surface area contributed by atoms with Gasteiger partial charge in [0.1, 0.15) is 22.7 Å². The number of fused-ring (bicyclic) bond motifs is 2. The molecule has 9 heteroatoms. The molecule has 0 atom stereocenters. The van der Waals surface area contributed by atoms with Gasteiger partial charge in [-0.1, -0.05) is 6.07 Å². The number of para-hydroxylation sites is 1. The summed E-state index contributed by atoms with van der Waals surface area (Å²) in [5.41, 5.74) is 3.09. The lowest BCUT2D eigenvalue weighted by molar-refractivity contribution is 0.0952. The Morgan fingerprint density at radius 3 is 3.04 bits per heavy atom. The van der Waals surface area contributed by atoms with Gasteiger partial charge in [0.2, 0.25) is 0 Å². The number of anilines is 3. The lowest BCUT2D eigenvalue weighted by atomic mass is 10.2.